The lowest BCUT2D eigenvalue weighted by atomic mass is 9.82. The molecule has 0 aliphatic carbocycles. The summed E-state index contributed by atoms with van der Waals surface area (Å²) in [5, 5.41) is 0. The van der Waals surface area contributed by atoms with E-state index in [1.165, 1.54) is 42.7 Å². The first kappa shape index (κ1) is 11.6. The third-order valence-electron chi connectivity index (χ3n) is 4.33. The molecule has 94 valence electrons. The molecule has 3 heterocycles. The van der Waals surface area contributed by atoms with Crippen molar-refractivity contribution in [1.29, 1.82) is 0 Å². The van der Waals surface area contributed by atoms with E-state index in [0.29, 0.717) is 6.04 Å². The normalized spacial score (nSPS) is 33.9. The quantitative estimate of drug-likeness (QED) is 0.877. The van der Waals surface area contributed by atoms with Crippen LogP contribution in [0.2, 0.25) is 0 Å². The molecular weight excluding hydrogens is 230 g/mol. The lowest BCUT2D eigenvalue weighted by Gasteiger charge is -2.48. The maximum atomic E-state index is 6.15. The minimum atomic E-state index is 0.434. The SMILES string of the molecule is Cc1ncsc1CN1C2CCCC1CC(N)C2. The van der Waals surface area contributed by atoms with Crippen LogP contribution < -0.4 is 5.73 Å². The van der Waals surface area contributed by atoms with Crippen LogP contribution in [0.15, 0.2) is 5.51 Å². The number of rotatable bonds is 2. The van der Waals surface area contributed by atoms with Crippen LogP contribution in [0.4, 0.5) is 0 Å². The van der Waals surface area contributed by atoms with Crippen LogP contribution in [0.5, 0.6) is 0 Å². The summed E-state index contributed by atoms with van der Waals surface area (Å²) in [6.07, 6.45) is 6.44. The van der Waals surface area contributed by atoms with Crippen molar-refractivity contribution in [2.45, 2.75) is 63.7 Å². The van der Waals surface area contributed by atoms with E-state index in [0.717, 1.165) is 18.6 Å². The highest BCUT2D eigenvalue weighted by molar-refractivity contribution is 7.09. The maximum absolute atomic E-state index is 6.15. The molecule has 2 aliphatic heterocycles. The molecule has 0 aromatic carbocycles. The Labute approximate surface area is 107 Å². The van der Waals surface area contributed by atoms with Gasteiger partial charge in [0.15, 0.2) is 0 Å². The first-order chi connectivity index (χ1) is 8.24. The zero-order valence-electron chi connectivity index (χ0n) is 10.4. The number of hydrogen-bond donors (Lipinski definition) is 1. The average Bonchev–Trinajstić information content (AvgIpc) is 2.66. The molecule has 2 saturated heterocycles. The number of piperidine rings is 2. The Morgan fingerprint density at radius 2 is 2.12 bits per heavy atom. The van der Waals surface area contributed by atoms with Gasteiger partial charge < -0.3 is 5.73 Å². The highest BCUT2D eigenvalue weighted by atomic mass is 32.1. The average molecular weight is 251 g/mol. The van der Waals surface area contributed by atoms with Crippen molar-refractivity contribution in [2.75, 3.05) is 0 Å². The second-order valence-corrected chi connectivity index (χ2v) is 6.44. The Balaban J connectivity index is 1.76. The lowest BCUT2D eigenvalue weighted by molar-refractivity contribution is 0.0251. The molecule has 1 aromatic rings. The summed E-state index contributed by atoms with van der Waals surface area (Å²) in [4.78, 5) is 8.50. The van der Waals surface area contributed by atoms with E-state index in [-0.39, 0.29) is 0 Å². The summed E-state index contributed by atoms with van der Waals surface area (Å²) in [5.41, 5.74) is 9.33. The van der Waals surface area contributed by atoms with E-state index in [2.05, 4.69) is 16.8 Å². The van der Waals surface area contributed by atoms with Crippen LogP contribution >= 0.6 is 11.3 Å². The maximum Gasteiger partial charge on any atom is 0.0798 e. The number of nitrogens with two attached hydrogens (primary N) is 1. The Kier molecular flexibility index (Phi) is 3.19. The molecule has 2 unspecified atom stereocenters. The van der Waals surface area contributed by atoms with E-state index in [1.807, 2.05) is 5.51 Å². The molecule has 3 rings (SSSR count). The van der Waals surface area contributed by atoms with Crippen LogP contribution in [0.1, 0.15) is 42.7 Å². The van der Waals surface area contributed by atoms with Gasteiger partial charge in [0.25, 0.3) is 0 Å². The minimum absolute atomic E-state index is 0.434. The van der Waals surface area contributed by atoms with Gasteiger partial charge in [-0.1, -0.05) is 6.42 Å². The van der Waals surface area contributed by atoms with Crippen LogP contribution in [0.25, 0.3) is 0 Å². The lowest BCUT2D eigenvalue weighted by Crippen LogP contribution is -2.54. The van der Waals surface area contributed by atoms with Crippen LogP contribution in [0.3, 0.4) is 0 Å². The summed E-state index contributed by atoms with van der Waals surface area (Å²) >= 11 is 1.80. The highest BCUT2D eigenvalue weighted by Crippen LogP contribution is 2.35. The molecule has 17 heavy (non-hydrogen) atoms. The van der Waals surface area contributed by atoms with E-state index >= 15 is 0 Å². The molecule has 4 heteroatoms. The number of thiazole rings is 1. The van der Waals surface area contributed by atoms with Gasteiger partial charge in [0.05, 0.1) is 11.2 Å². The number of aromatic nitrogens is 1. The largest absolute Gasteiger partial charge is 0.328 e. The highest BCUT2D eigenvalue weighted by Gasteiger charge is 2.37. The Morgan fingerprint density at radius 1 is 1.41 bits per heavy atom. The monoisotopic (exact) mass is 251 g/mol. The standard InChI is InChI=1S/C13H21N3S/c1-9-13(17-8-15-9)7-16-11-3-2-4-12(16)6-10(14)5-11/h8,10-12H,2-7,14H2,1H3. The molecule has 0 radical (unpaired) electrons. The minimum Gasteiger partial charge on any atom is -0.328 e. The van der Waals surface area contributed by atoms with Gasteiger partial charge in [-0.15, -0.1) is 11.3 Å². The van der Waals surface area contributed by atoms with Crippen molar-refractivity contribution in [1.82, 2.24) is 9.88 Å². The number of nitrogens with zero attached hydrogens (tertiary/aromatic N) is 2. The van der Waals surface area contributed by atoms with Gasteiger partial charge in [0.1, 0.15) is 0 Å². The van der Waals surface area contributed by atoms with Gasteiger partial charge in [-0.3, -0.25) is 4.90 Å². The Bertz CT molecular complexity index is 376. The summed E-state index contributed by atoms with van der Waals surface area (Å²) in [7, 11) is 0. The van der Waals surface area contributed by atoms with Gasteiger partial charge >= 0.3 is 0 Å². The van der Waals surface area contributed by atoms with E-state index in [9.17, 15) is 0 Å². The third kappa shape index (κ3) is 2.26. The zero-order valence-corrected chi connectivity index (χ0v) is 11.2. The van der Waals surface area contributed by atoms with Gasteiger partial charge in [-0.2, -0.15) is 0 Å². The molecule has 2 atom stereocenters. The van der Waals surface area contributed by atoms with Gasteiger partial charge in [0, 0.05) is 29.5 Å². The summed E-state index contributed by atoms with van der Waals surface area (Å²) in [6.45, 7) is 3.22. The number of fused-ring (bicyclic) bond motifs is 2. The second-order valence-electron chi connectivity index (χ2n) is 5.50. The molecule has 1 aromatic heterocycles. The Morgan fingerprint density at radius 3 is 2.71 bits per heavy atom. The van der Waals surface area contributed by atoms with Gasteiger partial charge in [-0.05, 0) is 32.6 Å². The predicted octanol–water partition coefficient (Wildman–Crippen LogP) is 2.30. The molecule has 2 N–H and O–H groups in total. The molecule has 2 aliphatic rings. The molecule has 0 amide bonds. The van der Waals surface area contributed by atoms with Gasteiger partial charge in [0.2, 0.25) is 0 Å². The topological polar surface area (TPSA) is 42.2 Å². The van der Waals surface area contributed by atoms with Crippen LogP contribution in [-0.4, -0.2) is 28.0 Å². The summed E-state index contributed by atoms with van der Waals surface area (Å²) in [5.74, 6) is 0. The van der Waals surface area contributed by atoms with Crippen molar-refractivity contribution < 1.29 is 0 Å². The van der Waals surface area contributed by atoms with Crippen LogP contribution in [-0.2, 0) is 6.54 Å². The van der Waals surface area contributed by atoms with Crippen LogP contribution in [0, 0.1) is 6.92 Å². The summed E-state index contributed by atoms with van der Waals surface area (Å²) < 4.78 is 0. The summed E-state index contributed by atoms with van der Waals surface area (Å²) in [6, 6.07) is 1.88. The molecular formula is C13H21N3S. The fourth-order valence-electron chi connectivity index (χ4n) is 3.42. The van der Waals surface area contributed by atoms with E-state index in [1.54, 1.807) is 11.3 Å². The second kappa shape index (κ2) is 4.67. The number of aryl methyl sites for hydroxylation is 1. The fourth-order valence-corrected chi connectivity index (χ4v) is 4.21. The first-order valence-corrected chi connectivity index (χ1v) is 7.52. The Hall–Kier alpha value is -0.450. The number of hydrogen-bond acceptors (Lipinski definition) is 4. The third-order valence-corrected chi connectivity index (χ3v) is 5.25. The smallest absolute Gasteiger partial charge is 0.0798 e. The van der Waals surface area contributed by atoms with Crippen molar-refractivity contribution in [3.63, 3.8) is 0 Å². The van der Waals surface area contributed by atoms with E-state index < -0.39 is 0 Å². The molecule has 3 nitrogen and oxygen atoms in total. The first-order valence-electron chi connectivity index (χ1n) is 6.64. The van der Waals surface area contributed by atoms with E-state index in [4.69, 9.17) is 5.73 Å². The molecule has 2 fully saturated rings. The molecule has 0 saturated carbocycles. The predicted molar refractivity (Wildman–Crippen MR) is 71.0 cm³/mol. The van der Waals surface area contributed by atoms with Crippen molar-refractivity contribution in [3.05, 3.63) is 16.1 Å². The molecule has 2 bridgehead atoms. The molecule has 0 spiro atoms. The zero-order chi connectivity index (χ0) is 11.8. The van der Waals surface area contributed by atoms with Crippen molar-refractivity contribution in [3.8, 4) is 0 Å². The fraction of sp³-hybridized carbons (Fsp3) is 0.769. The van der Waals surface area contributed by atoms with Crippen molar-refractivity contribution >= 4 is 11.3 Å². The van der Waals surface area contributed by atoms with Gasteiger partial charge in [-0.25, -0.2) is 4.98 Å². The van der Waals surface area contributed by atoms with Crippen molar-refractivity contribution in [2.24, 2.45) is 5.73 Å².